The molecule has 0 aromatic heterocycles. The van der Waals surface area contributed by atoms with Gasteiger partial charge in [-0.05, 0) is 116 Å². The Kier molecular flexibility index (Phi) is 8.84. The first-order valence-electron chi connectivity index (χ1n) is 23.1. The molecule has 0 saturated heterocycles. The molecule has 0 bridgehead atoms. The first kappa shape index (κ1) is 39.6. The minimum absolute atomic E-state index is 1.16. The van der Waals surface area contributed by atoms with Crippen molar-refractivity contribution in [2.24, 2.45) is 0 Å². The van der Waals surface area contributed by atoms with Gasteiger partial charge in [-0.25, -0.2) is 0 Å². The van der Waals surface area contributed by atoms with E-state index in [1.165, 1.54) is 121 Å². The van der Waals surface area contributed by atoms with Crippen molar-refractivity contribution in [3.63, 3.8) is 0 Å². The maximum atomic E-state index is 2.51. The lowest BCUT2D eigenvalue weighted by Gasteiger charge is -2.29. The van der Waals surface area contributed by atoms with Gasteiger partial charge in [0.15, 0.2) is 0 Å². The Bertz CT molecular complexity index is 3610. The molecule has 0 amide bonds. The average molecular weight is 869 g/mol. The van der Waals surface area contributed by atoms with Crippen LogP contribution < -0.4 is 20.2 Å². The molecule has 2 aliphatic rings. The second kappa shape index (κ2) is 14.5. The zero-order valence-electron chi connectivity index (χ0n) is 38.3. The van der Waals surface area contributed by atoms with Crippen molar-refractivity contribution in [3.8, 4) is 44.5 Å². The van der Waals surface area contributed by atoms with Crippen LogP contribution in [0.3, 0.4) is 0 Å². The molecule has 0 radical (unpaired) electrons. The van der Waals surface area contributed by atoms with Gasteiger partial charge in [0.1, 0.15) is 0 Å². The summed E-state index contributed by atoms with van der Waals surface area (Å²) in [5.74, 6) is 0. The van der Waals surface area contributed by atoms with Crippen molar-refractivity contribution in [2.45, 2.75) is 46.2 Å². The number of fused-ring (bicyclic) bond motifs is 15. The third kappa shape index (κ3) is 6.26. The van der Waals surface area contributed by atoms with Gasteiger partial charge in [0.25, 0.3) is 0 Å². The van der Waals surface area contributed by atoms with Crippen LogP contribution in [0.15, 0.2) is 188 Å². The highest BCUT2D eigenvalue weighted by Gasteiger charge is 2.30. The maximum absolute atomic E-state index is 2.51. The number of hydrogen-bond acceptors (Lipinski definition) is 2. The van der Waals surface area contributed by atoms with Crippen LogP contribution in [-0.4, -0.2) is 16.1 Å². The largest absolute Gasteiger partial charge is 0.309 e. The van der Waals surface area contributed by atoms with E-state index in [2.05, 4.69) is 244 Å². The molecule has 0 unspecified atom stereocenters. The van der Waals surface area contributed by atoms with Crippen molar-refractivity contribution in [1.82, 2.24) is 0 Å². The van der Waals surface area contributed by atoms with E-state index in [-0.39, 0.29) is 0 Å². The predicted molar refractivity (Wildman–Crippen MR) is 288 cm³/mol. The maximum Gasteiger partial charge on any atom is 0.0776 e. The number of rotatable bonds is 4. The molecule has 65 heavy (non-hydrogen) atoms. The minimum atomic E-state index is -1.58. The molecule has 12 rings (SSSR count). The van der Waals surface area contributed by atoms with Gasteiger partial charge in [0, 0.05) is 33.6 Å². The smallest absolute Gasteiger partial charge is 0.0776 e. The minimum Gasteiger partial charge on any atom is -0.309 e. The Morgan fingerprint density at radius 2 is 0.723 bits per heavy atom. The molecule has 0 N–H and O–H groups in total. The lowest BCUT2D eigenvalue weighted by Crippen LogP contribution is -2.37. The van der Waals surface area contributed by atoms with Gasteiger partial charge in [-0.15, -0.1) is 0 Å². The van der Waals surface area contributed by atoms with Crippen LogP contribution in [0.1, 0.15) is 5.56 Å². The second-order valence-electron chi connectivity index (χ2n) is 20.3. The second-order valence-corrected chi connectivity index (χ2v) is 30.4. The summed E-state index contributed by atoms with van der Waals surface area (Å²) in [6.07, 6.45) is 0. The zero-order valence-corrected chi connectivity index (χ0v) is 40.3. The van der Waals surface area contributed by atoms with E-state index in [1.54, 1.807) is 0 Å². The summed E-state index contributed by atoms with van der Waals surface area (Å²) in [5, 5.41) is 10.6. The molecule has 10 aromatic carbocycles. The summed E-state index contributed by atoms with van der Waals surface area (Å²) in [5.41, 5.74) is 18.7. The van der Waals surface area contributed by atoms with Crippen molar-refractivity contribution in [2.75, 3.05) is 9.80 Å². The fourth-order valence-corrected chi connectivity index (χ4v) is 13.1. The number of benzene rings is 10. The SMILES string of the molecule is Cc1cc(N2c3ccccc3-c3ccccc3-c3cc([Si](C)(C)C)ccc32)cc2ccc3c4ccc(N5c6ccccc6-c6ccccc6-c6cc([Si](C)(C)C)ccc65)cc4ccc3c12. The van der Waals surface area contributed by atoms with E-state index in [4.69, 9.17) is 0 Å². The molecule has 2 aliphatic heterocycles. The molecule has 2 heterocycles. The monoisotopic (exact) mass is 868 g/mol. The van der Waals surface area contributed by atoms with Gasteiger partial charge < -0.3 is 9.80 Å². The fraction of sp³-hybridized carbons (Fsp3) is 0.115. The van der Waals surface area contributed by atoms with E-state index in [1.807, 2.05) is 0 Å². The Balaban J connectivity index is 1.01. The van der Waals surface area contributed by atoms with Gasteiger partial charge in [0.05, 0.1) is 38.9 Å². The lowest BCUT2D eigenvalue weighted by molar-refractivity contribution is 1.29. The highest BCUT2D eigenvalue weighted by Crippen LogP contribution is 2.53. The molecule has 0 saturated carbocycles. The van der Waals surface area contributed by atoms with E-state index in [9.17, 15) is 0 Å². The van der Waals surface area contributed by atoms with E-state index in [0.29, 0.717) is 0 Å². The Morgan fingerprint density at radius 1 is 0.308 bits per heavy atom. The summed E-state index contributed by atoms with van der Waals surface area (Å²) < 4.78 is 0. The van der Waals surface area contributed by atoms with Crippen molar-refractivity contribution in [3.05, 3.63) is 194 Å². The average Bonchev–Trinajstić information content (AvgIpc) is 3.51. The molecule has 314 valence electrons. The lowest BCUT2D eigenvalue weighted by atomic mass is 9.93. The van der Waals surface area contributed by atoms with E-state index in [0.717, 1.165) is 5.69 Å². The normalized spacial score (nSPS) is 13.1. The highest BCUT2D eigenvalue weighted by molar-refractivity contribution is 6.89. The number of nitrogens with zero attached hydrogens (tertiary/aromatic N) is 2. The molecule has 0 spiro atoms. The molecule has 10 aromatic rings. The predicted octanol–water partition coefficient (Wildman–Crippen LogP) is 16.8. The van der Waals surface area contributed by atoms with Crippen LogP contribution >= 0.6 is 0 Å². The molecule has 0 fully saturated rings. The van der Waals surface area contributed by atoms with Crippen LogP contribution in [0.4, 0.5) is 34.1 Å². The van der Waals surface area contributed by atoms with Crippen molar-refractivity contribution in [1.29, 1.82) is 0 Å². The molecule has 2 nitrogen and oxygen atoms in total. The quantitative estimate of drug-likeness (QED) is 0.128. The van der Waals surface area contributed by atoms with Crippen LogP contribution in [0, 0.1) is 6.92 Å². The first-order valence-corrected chi connectivity index (χ1v) is 30.1. The summed E-state index contributed by atoms with van der Waals surface area (Å²) in [7, 11) is -3.16. The third-order valence-electron chi connectivity index (χ3n) is 14.1. The number of para-hydroxylation sites is 2. The van der Waals surface area contributed by atoms with E-state index < -0.39 is 16.1 Å². The van der Waals surface area contributed by atoms with Crippen LogP contribution in [0.25, 0.3) is 76.8 Å². The van der Waals surface area contributed by atoms with Crippen molar-refractivity contribution >= 4 is 93.0 Å². The van der Waals surface area contributed by atoms with Crippen molar-refractivity contribution < 1.29 is 0 Å². The van der Waals surface area contributed by atoms with Crippen LogP contribution in [-0.2, 0) is 0 Å². The topological polar surface area (TPSA) is 6.48 Å². The molecular weight excluding hydrogens is 817 g/mol. The zero-order chi connectivity index (χ0) is 44.4. The Labute approximate surface area is 385 Å². The number of anilines is 6. The Hall–Kier alpha value is -6.99. The van der Waals surface area contributed by atoms with Gasteiger partial charge in [-0.1, -0.05) is 189 Å². The third-order valence-corrected chi connectivity index (χ3v) is 18.2. The standard InChI is InChI=1S/C61H52N2Si2/c1-39-34-43(63-58-23-15-13-21-53(58)48-17-9-11-19-50(48)56-38-45(65(5,6)7)28-33-60(56)63)36-41-25-29-51-46-31-26-42(35-40(46)24-30-54(51)61(39)41)62-57-22-14-12-20-52(57)47-16-8-10-18-49(47)55-37-44(64(2,3)4)27-32-59(55)62/h8-38H,1-7H3. The molecular formula is C61H52N2Si2. The van der Waals surface area contributed by atoms with Gasteiger partial charge in [0.2, 0.25) is 0 Å². The van der Waals surface area contributed by atoms with E-state index >= 15 is 0 Å². The summed E-state index contributed by atoms with van der Waals surface area (Å²) >= 11 is 0. The van der Waals surface area contributed by atoms with Gasteiger partial charge in [-0.3, -0.25) is 0 Å². The highest BCUT2D eigenvalue weighted by atomic mass is 28.3. The molecule has 4 heteroatoms. The van der Waals surface area contributed by atoms with Crippen LogP contribution in [0.5, 0.6) is 0 Å². The number of aryl methyl sites for hydroxylation is 1. The van der Waals surface area contributed by atoms with Gasteiger partial charge >= 0.3 is 0 Å². The Morgan fingerprint density at radius 3 is 1.26 bits per heavy atom. The first-order chi connectivity index (χ1) is 31.4. The molecule has 0 aliphatic carbocycles. The molecule has 0 atom stereocenters. The van der Waals surface area contributed by atoms with Gasteiger partial charge in [-0.2, -0.15) is 0 Å². The number of hydrogen-bond donors (Lipinski definition) is 0. The fourth-order valence-electron chi connectivity index (χ4n) is 10.8. The summed E-state index contributed by atoms with van der Waals surface area (Å²) in [6.45, 7) is 17.0. The van der Waals surface area contributed by atoms with Crippen LogP contribution in [0.2, 0.25) is 39.3 Å². The summed E-state index contributed by atoms with van der Waals surface area (Å²) in [6, 6.07) is 71.6. The summed E-state index contributed by atoms with van der Waals surface area (Å²) in [4.78, 5) is 5.01.